The van der Waals surface area contributed by atoms with Crippen molar-refractivity contribution in [2.75, 3.05) is 10.1 Å². The minimum absolute atomic E-state index is 0.177. The summed E-state index contributed by atoms with van der Waals surface area (Å²) in [5.74, 6) is -3.74. The third-order valence-electron chi connectivity index (χ3n) is 4.54. The topological polar surface area (TPSA) is 76.3 Å². The highest BCUT2D eigenvalue weighted by Crippen LogP contribution is 2.33. The van der Waals surface area contributed by atoms with Crippen molar-refractivity contribution in [2.45, 2.75) is 19.4 Å². The van der Waals surface area contributed by atoms with Crippen molar-refractivity contribution in [2.24, 2.45) is 0 Å². The van der Waals surface area contributed by atoms with Crippen molar-refractivity contribution in [3.8, 4) is 11.5 Å². The summed E-state index contributed by atoms with van der Waals surface area (Å²) in [6, 6.07) is 8.39. The molecule has 11 heteroatoms. The van der Waals surface area contributed by atoms with E-state index < -0.39 is 52.0 Å². The van der Waals surface area contributed by atoms with Crippen LogP contribution in [-0.4, -0.2) is 24.4 Å². The van der Waals surface area contributed by atoms with Crippen LogP contribution in [0.25, 0.3) is 11.5 Å². The third-order valence-corrected chi connectivity index (χ3v) is 6.26. The zero-order chi connectivity index (χ0) is 20.8. The Morgan fingerprint density at radius 2 is 1.79 bits per heavy atom. The van der Waals surface area contributed by atoms with E-state index in [0.717, 1.165) is 22.0 Å². The summed E-state index contributed by atoms with van der Waals surface area (Å²) in [6.45, 7) is -0.552. The number of halogens is 4. The van der Waals surface area contributed by atoms with Gasteiger partial charge in [0.15, 0.2) is 0 Å². The lowest BCUT2D eigenvalue weighted by molar-refractivity contribution is 0.116. The van der Waals surface area contributed by atoms with Gasteiger partial charge < -0.3 is 4.42 Å². The standard InChI is InChI=1S/C18H13F4N3O3S/c19-13-7-11(17-23-24-18(28-17)16(21)22)8-14(20)12(13)9-25-15-4-2-1-3-10(15)5-6-29(25,26)27/h1-4,7-8,16H,5-6,9H2. The van der Waals surface area contributed by atoms with Gasteiger partial charge in [0.1, 0.15) is 11.6 Å². The van der Waals surface area contributed by atoms with Gasteiger partial charge in [-0.15, -0.1) is 10.2 Å². The van der Waals surface area contributed by atoms with E-state index in [2.05, 4.69) is 10.2 Å². The van der Waals surface area contributed by atoms with E-state index >= 15 is 0 Å². The molecule has 1 aromatic heterocycles. The molecule has 0 atom stereocenters. The molecule has 3 aromatic rings. The van der Waals surface area contributed by atoms with Gasteiger partial charge in [0, 0.05) is 11.1 Å². The number of benzene rings is 2. The van der Waals surface area contributed by atoms with Crippen LogP contribution >= 0.6 is 0 Å². The SMILES string of the molecule is O=S1(=O)CCc2ccccc2N1Cc1c(F)cc(-c2nnc(C(F)F)o2)cc1F. The van der Waals surface area contributed by atoms with Crippen molar-refractivity contribution in [1.82, 2.24) is 10.2 Å². The van der Waals surface area contributed by atoms with Gasteiger partial charge in [0.05, 0.1) is 18.0 Å². The molecule has 2 aromatic carbocycles. The van der Waals surface area contributed by atoms with Crippen LogP contribution in [0.2, 0.25) is 0 Å². The predicted octanol–water partition coefficient (Wildman–Crippen LogP) is 3.84. The number of hydrogen-bond donors (Lipinski definition) is 0. The Balaban J connectivity index is 1.71. The summed E-state index contributed by atoms with van der Waals surface area (Å²) in [5, 5.41) is 6.46. The first kappa shape index (κ1) is 19.4. The predicted molar refractivity (Wildman–Crippen MR) is 94.7 cm³/mol. The van der Waals surface area contributed by atoms with Crippen LogP contribution in [0.1, 0.15) is 23.4 Å². The molecule has 4 rings (SSSR count). The van der Waals surface area contributed by atoms with Crippen LogP contribution in [-0.2, 0) is 23.0 Å². The zero-order valence-corrected chi connectivity index (χ0v) is 15.5. The largest absolute Gasteiger partial charge is 0.415 e. The molecule has 29 heavy (non-hydrogen) atoms. The van der Waals surface area contributed by atoms with E-state index in [-0.39, 0.29) is 11.3 Å². The van der Waals surface area contributed by atoms with Crippen molar-refractivity contribution < 1.29 is 30.4 Å². The molecule has 0 bridgehead atoms. The summed E-state index contributed by atoms with van der Waals surface area (Å²) in [6.07, 6.45) is -2.71. The highest BCUT2D eigenvalue weighted by Gasteiger charge is 2.31. The third kappa shape index (κ3) is 3.57. The first-order valence-corrected chi connectivity index (χ1v) is 10.1. The smallest absolute Gasteiger partial charge is 0.314 e. The lowest BCUT2D eigenvalue weighted by Gasteiger charge is -2.30. The van der Waals surface area contributed by atoms with E-state index in [1.54, 1.807) is 24.3 Å². The highest BCUT2D eigenvalue weighted by atomic mass is 32.2. The van der Waals surface area contributed by atoms with Gasteiger partial charge in [0.2, 0.25) is 15.9 Å². The fraction of sp³-hybridized carbons (Fsp3) is 0.222. The van der Waals surface area contributed by atoms with Gasteiger partial charge in [-0.3, -0.25) is 4.31 Å². The Hall–Kier alpha value is -2.95. The first-order valence-electron chi connectivity index (χ1n) is 8.44. The fourth-order valence-electron chi connectivity index (χ4n) is 3.11. The number of hydrogen-bond acceptors (Lipinski definition) is 5. The number of rotatable bonds is 4. The Labute approximate surface area is 162 Å². The van der Waals surface area contributed by atoms with E-state index in [1.165, 1.54) is 0 Å². The van der Waals surface area contributed by atoms with Gasteiger partial charge in [-0.05, 0) is 30.2 Å². The van der Waals surface area contributed by atoms with Crippen molar-refractivity contribution in [3.05, 3.63) is 65.1 Å². The molecule has 0 N–H and O–H groups in total. The van der Waals surface area contributed by atoms with Gasteiger partial charge in [-0.2, -0.15) is 8.78 Å². The molecular weight excluding hydrogens is 414 g/mol. The number of fused-ring (bicyclic) bond motifs is 1. The minimum atomic E-state index is -3.76. The number of aromatic nitrogens is 2. The summed E-state index contributed by atoms with van der Waals surface area (Å²) in [4.78, 5) is 0. The molecule has 6 nitrogen and oxygen atoms in total. The first-order chi connectivity index (χ1) is 13.8. The maximum absolute atomic E-state index is 14.6. The summed E-state index contributed by atoms with van der Waals surface area (Å²) in [7, 11) is -3.76. The average molecular weight is 427 g/mol. The van der Waals surface area contributed by atoms with Crippen LogP contribution in [0, 0.1) is 11.6 Å². The lowest BCUT2D eigenvalue weighted by Crippen LogP contribution is -2.37. The summed E-state index contributed by atoms with van der Waals surface area (Å²) in [5.41, 5.74) is 0.401. The van der Waals surface area contributed by atoms with Crippen LogP contribution in [0.5, 0.6) is 0 Å². The van der Waals surface area contributed by atoms with Gasteiger partial charge >= 0.3 is 6.43 Å². The average Bonchev–Trinajstić information content (AvgIpc) is 3.16. The monoisotopic (exact) mass is 427 g/mol. The molecule has 0 amide bonds. The van der Waals surface area contributed by atoms with Crippen molar-refractivity contribution in [1.29, 1.82) is 0 Å². The molecule has 0 saturated carbocycles. The second-order valence-corrected chi connectivity index (χ2v) is 8.38. The number of nitrogens with zero attached hydrogens (tertiary/aromatic N) is 3. The molecule has 152 valence electrons. The lowest BCUT2D eigenvalue weighted by atomic mass is 10.1. The normalized spacial score (nSPS) is 15.6. The fourth-order valence-corrected chi connectivity index (χ4v) is 4.61. The van der Waals surface area contributed by atoms with Gasteiger partial charge in [0.25, 0.3) is 5.89 Å². The number of para-hydroxylation sites is 1. The molecule has 0 radical (unpaired) electrons. The molecule has 2 heterocycles. The molecule has 1 aliphatic rings. The van der Waals surface area contributed by atoms with E-state index in [0.29, 0.717) is 12.1 Å². The Morgan fingerprint density at radius 3 is 2.45 bits per heavy atom. The second-order valence-electron chi connectivity index (χ2n) is 6.37. The zero-order valence-electron chi connectivity index (χ0n) is 14.6. The Kier molecular flexibility index (Phi) is 4.77. The maximum atomic E-state index is 14.6. The molecule has 0 aliphatic carbocycles. The van der Waals surface area contributed by atoms with Crippen LogP contribution in [0.4, 0.5) is 23.2 Å². The molecule has 0 unspecified atom stereocenters. The summed E-state index contributed by atoms with van der Waals surface area (Å²) >= 11 is 0. The molecule has 0 fully saturated rings. The Morgan fingerprint density at radius 1 is 1.10 bits per heavy atom. The molecule has 1 aliphatic heterocycles. The van der Waals surface area contributed by atoms with Crippen LogP contribution < -0.4 is 4.31 Å². The molecule has 0 saturated heterocycles. The number of sulfonamides is 1. The minimum Gasteiger partial charge on any atom is -0.415 e. The van der Waals surface area contributed by atoms with Crippen molar-refractivity contribution in [3.63, 3.8) is 0 Å². The number of alkyl halides is 2. The van der Waals surface area contributed by atoms with Crippen LogP contribution in [0.3, 0.4) is 0 Å². The highest BCUT2D eigenvalue weighted by molar-refractivity contribution is 7.92. The van der Waals surface area contributed by atoms with Crippen LogP contribution in [0.15, 0.2) is 40.8 Å². The number of aryl methyl sites for hydroxylation is 1. The van der Waals surface area contributed by atoms with Gasteiger partial charge in [-0.1, -0.05) is 18.2 Å². The van der Waals surface area contributed by atoms with E-state index in [9.17, 15) is 26.0 Å². The maximum Gasteiger partial charge on any atom is 0.314 e. The molecular formula is C18H13F4N3O3S. The van der Waals surface area contributed by atoms with Gasteiger partial charge in [-0.25, -0.2) is 17.2 Å². The van der Waals surface area contributed by atoms with E-state index in [4.69, 9.17) is 4.42 Å². The van der Waals surface area contributed by atoms with E-state index in [1.807, 2.05) is 0 Å². The Bertz CT molecular complexity index is 1160. The summed E-state index contributed by atoms with van der Waals surface area (Å²) < 4.78 is 85.1. The quantitative estimate of drug-likeness (QED) is 0.592. The second kappa shape index (κ2) is 7.14. The molecule has 0 spiro atoms. The van der Waals surface area contributed by atoms with Crippen molar-refractivity contribution >= 4 is 15.7 Å². The number of anilines is 1.